The summed E-state index contributed by atoms with van der Waals surface area (Å²) in [4.78, 5) is 0. The van der Waals surface area contributed by atoms with Gasteiger partial charge in [-0.05, 0) is 32.1 Å². The topological polar surface area (TPSA) is 32.3 Å². The van der Waals surface area contributed by atoms with E-state index in [0.29, 0.717) is 12.6 Å². The Labute approximate surface area is 69.0 Å². The van der Waals surface area contributed by atoms with Gasteiger partial charge >= 0.3 is 0 Å². The first kappa shape index (κ1) is 9.01. The normalized spacial score (nSPS) is 33.0. The first-order valence-electron chi connectivity index (χ1n) is 4.59. The van der Waals surface area contributed by atoms with Gasteiger partial charge in [0, 0.05) is 18.7 Å². The number of hydrogen-bond acceptors (Lipinski definition) is 2. The molecule has 0 spiro atoms. The third-order valence-electron chi connectivity index (χ3n) is 2.46. The molecule has 0 unspecified atom stereocenters. The van der Waals surface area contributed by atoms with Gasteiger partial charge in [-0.3, -0.25) is 0 Å². The first-order valence-corrected chi connectivity index (χ1v) is 4.59. The zero-order valence-corrected chi connectivity index (χ0v) is 7.51. The zero-order valence-electron chi connectivity index (χ0n) is 7.51. The van der Waals surface area contributed by atoms with Crippen LogP contribution in [-0.4, -0.2) is 23.8 Å². The molecular weight excluding hydrogens is 138 g/mol. The van der Waals surface area contributed by atoms with Gasteiger partial charge < -0.3 is 10.4 Å². The molecule has 0 bridgehead atoms. The van der Waals surface area contributed by atoms with Crippen LogP contribution in [0.5, 0.6) is 0 Å². The Kier molecular flexibility index (Phi) is 3.34. The van der Waals surface area contributed by atoms with E-state index in [1.807, 2.05) is 0 Å². The highest BCUT2D eigenvalue weighted by Crippen LogP contribution is 2.26. The third kappa shape index (κ3) is 2.80. The zero-order chi connectivity index (χ0) is 8.27. The fourth-order valence-corrected chi connectivity index (χ4v) is 1.72. The minimum absolute atomic E-state index is 0.302. The number of aliphatic hydroxyl groups excluding tert-OH is 1. The second-order valence-electron chi connectivity index (χ2n) is 3.85. The van der Waals surface area contributed by atoms with Crippen molar-refractivity contribution in [2.24, 2.45) is 5.92 Å². The lowest BCUT2D eigenvalue weighted by Gasteiger charge is -2.35. The Morgan fingerprint density at radius 3 is 2.64 bits per heavy atom. The van der Waals surface area contributed by atoms with E-state index < -0.39 is 0 Å². The molecule has 1 rings (SSSR count). The Morgan fingerprint density at radius 1 is 1.55 bits per heavy atom. The van der Waals surface area contributed by atoms with Crippen LogP contribution in [0, 0.1) is 5.92 Å². The molecule has 1 aliphatic carbocycles. The lowest BCUT2D eigenvalue weighted by Crippen LogP contribution is -2.44. The van der Waals surface area contributed by atoms with Crippen LogP contribution >= 0.6 is 0 Å². The van der Waals surface area contributed by atoms with Crippen LogP contribution in [0.1, 0.15) is 33.1 Å². The summed E-state index contributed by atoms with van der Waals surface area (Å²) in [6.07, 6.45) is 3.51. The molecule has 0 aromatic heterocycles. The highest BCUT2D eigenvalue weighted by molar-refractivity contribution is 4.83. The van der Waals surface area contributed by atoms with Crippen LogP contribution in [-0.2, 0) is 0 Å². The SMILES string of the molecule is CC1CC(N[C@@H](C)CCO)C1. The van der Waals surface area contributed by atoms with Crippen molar-refractivity contribution in [3.63, 3.8) is 0 Å². The minimum Gasteiger partial charge on any atom is -0.396 e. The smallest absolute Gasteiger partial charge is 0.0445 e. The van der Waals surface area contributed by atoms with E-state index in [2.05, 4.69) is 19.2 Å². The van der Waals surface area contributed by atoms with Gasteiger partial charge in [0.25, 0.3) is 0 Å². The fraction of sp³-hybridized carbons (Fsp3) is 1.00. The molecule has 0 amide bonds. The number of nitrogens with one attached hydrogen (secondary N) is 1. The van der Waals surface area contributed by atoms with Crippen molar-refractivity contribution >= 4 is 0 Å². The Balaban J connectivity index is 2.02. The first-order chi connectivity index (χ1) is 5.22. The fourth-order valence-electron chi connectivity index (χ4n) is 1.72. The monoisotopic (exact) mass is 157 g/mol. The van der Waals surface area contributed by atoms with Crippen LogP contribution in [0.3, 0.4) is 0 Å². The van der Waals surface area contributed by atoms with Gasteiger partial charge in [0.1, 0.15) is 0 Å². The van der Waals surface area contributed by atoms with Gasteiger partial charge in [0.2, 0.25) is 0 Å². The van der Waals surface area contributed by atoms with Crippen LogP contribution in [0.15, 0.2) is 0 Å². The summed E-state index contributed by atoms with van der Waals surface area (Å²) >= 11 is 0. The third-order valence-corrected chi connectivity index (χ3v) is 2.46. The summed E-state index contributed by atoms with van der Waals surface area (Å²) in [6.45, 7) is 4.73. The molecule has 1 saturated carbocycles. The van der Waals surface area contributed by atoms with Crippen LogP contribution in [0.2, 0.25) is 0 Å². The highest BCUT2D eigenvalue weighted by atomic mass is 16.3. The van der Waals surface area contributed by atoms with Crippen molar-refractivity contribution in [1.82, 2.24) is 5.32 Å². The molecule has 1 atom stereocenters. The predicted octanol–water partition coefficient (Wildman–Crippen LogP) is 1.15. The molecule has 0 radical (unpaired) electrons. The van der Waals surface area contributed by atoms with E-state index in [1.165, 1.54) is 12.8 Å². The summed E-state index contributed by atoms with van der Waals surface area (Å²) in [6, 6.07) is 1.21. The molecule has 2 heteroatoms. The van der Waals surface area contributed by atoms with E-state index in [1.54, 1.807) is 0 Å². The number of hydrogen-bond donors (Lipinski definition) is 2. The van der Waals surface area contributed by atoms with Crippen molar-refractivity contribution in [2.75, 3.05) is 6.61 Å². The predicted molar refractivity (Wildman–Crippen MR) is 46.5 cm³/mol. The van der Waals surface area contributed by atoms with E-state index in [9.17, 15) is 0 Å². The molecule has 0 heterocycles. The average molecular weight is 157 g/mol. The summed E-state index contributed by atoms with van der Waals surface area (Å²) in [5.74, 6) is 0.911. The number of aliphatic hydroxyl groups is 1. The largest absolute Gasteiger partial charge is 0.396 e. The van der Waals surface area contributed by atoms with Gasteiger partial charge in [-0.15, -0.1) is 0 Å². The van der Waals surface area contributed by atoms with Gasteiger partial charge in [0.05, 0.1) is 0 Å². The number of rotatable bonds is 4. The average Bonchev–Trinajstić information content (AvgIpc) is 1.85. The molecule has 0 aliphatic heterocycles. The Bertz CT molecular complexity index is 107. The summed E-state index contributed by atoms with van der Waals surface area (Å²) in [7, 11) is 0. The van der Waals surface area contributed by atoms with Crippen molar-refractivity contribution in [3.8, 4) is 0 Å². The molecule has 1 aliphatic rings. The Hall–Kier alpha value is -0.0800. The summed E-state index contributed by atoms with van der Waals surface area (Å²) in [5, 5.41) is 12.1. The maximum absolute atomic E-state index is 8.65. The van der Waals surface area contributed by atoms with Crippen molar-refractivity contribution < 1.29 is 5.11 Å². The second-order valence-corrected chi connectivity index (χ2v) is 3.85. The molecule has 0 saturated heterocycles. The molecule has 0 aromatic carbocycles. The van der Waals surface area contributed by atoms with Crippen molar-refractivity contribution in [1.29, 1.82) is 0 Å². The van der Waals surface area contributed by atoms with Crippen LogP contribution in [0.4, 0.5) is 0 Å². The second kappa shape index (κ2) is 4.07. The van der Waals surface area contributed by atoms with Gasteiger partial charge in [-0.2, -0.15) is 0 Å². The van der Waals surface area contributed by atoms with Crippen LogP contribution < -0.4 is 5.32 Å². The maximum Gasteiger partial charge on any atom is 0.0445 e. The van der Waals surface area contributed by atoms with E-state index in [0.717, 1.165) is 18.4 Å². The highest BCUT2D eigenvalue weighted by Gasteiger charge is 2.25. The molecule has 2 N–H and O–H groups in total. The lowest BCUT2D eigenvalue weighted by atomic mass is 9.81. The summed E-state index contributed by atoms with van der Waals surface area (Å²) in [5.41, 5.74) is 0. The van der Waals surface area contributed by atoms with E-state index in [-0.39, 0.29) is 0 Å². The van der Waals surface area contributed by atoms with E-state index in [4.69, 9.17) is 5.11 Å². The quantitative estimate of drug-likeness (QED) is 0.641. The van der Waals surface area contributed by atoms with Crippen molar-refractivity contribution in [3.05, 3.63) is 0 Å². The minimum atomic E-state index is 0.302. The lowest BCUT2D eigenvalue weighted by molar-refractivity contribution is 0.205. The Morgan fingerprint density at radius 2 is 2.18 bits per heavy atom. The van der Waals surface area contributed by atoms with E-state index >= 15 is 0 Å². The molecule has 11 heavy (non-hydrogen) atoms. The standard InChI is InChI=1S/C9H19NO/c1-7-5-9(6-7)10-8(2)3-4-11/h7-11H,3-6H2,1-2H3/t7?,8-,9?/m0/s1. The van der Waals surface area contributed by atoms with Gasteiger partial charge in [-0.1, -0.05) is 6.92 Å². The van der Waals surface area contributed by atoms with Gasteiger partial charge in [0.15, 0.2) is 0 Å². The van der Waals surface area contributed by atoms with Gasteiger partial charge in [-0.25, -0.2) is 0 Å². The maximum atomic E-state index is 8.65. The molecule has 0 aromatic rings. The summed E-state index contributed by atoms with van der Waals surface area (Å²) < 4.78 is 0. The molecule has 2 nitrogen and oxygen atoms in total. The van der Waals surface area contributed by atoms with Crippen LogP contribution in [0.25, 0.3) is 0 Å². The molecule has 66 valence electrons. The molecular formula is C9H19NO. The molecule has 1 fully saturated rings. The van der Waals surface area contributed by atoms with Crippen molar-refractivity contribution in [2.45, 2.75) is 45.2 Å².